The van der Waals surface area contributed by atoms with Crippen molar-refractivity contribution < 1.29 is 27.5 Å². The number of rotatable bonds is 7. The summed E-state index contributed by atoms with van der Waals surface area (Å²) >= 11 is 0. The maximum absolute atomic E-state index is 14.3. The number of carbonyl (C=O) groups is 2. The summed E-state index contributed by atoms with van der Waals surface area (Å²) in [5.74, 6) is -3.01. The van der Waals surface area contributed by atoms with Crippen molar-refractivity contribution >= 4 is 12.0 Å². The van der Waals surface area contributed by atoms with Crippen LogP contribution in [0.3, 0.4) is 0 Å². The molecule has 1 saturated carbocycles. The van der Waals surface area contributed by atoms with Gasteiger partial charge < -0.3 is 19.9 Å². The Balaban J connectivity index is 1.40. The maximum atomic E-state index is 14.3. The van der Waals surface area contributed by atoms with Gasteiger partial charge in [-0.2, -0.15) is 0 Å². The van der Waals surface area contributed by atoms with Gasteiger partial charge in [0.25, 0.3) is 0 Å². The van der Waals surface area contributed by atoms with Crippen molar-refractivity contribution in [3.63, 3.8) is 0 Å². The Hall–Kier alpha value is -2.97. The predicted molar refractivity (Wildman–Crippen MR) is 134 cm³/mol. The van der Waals surface area contributed by atoms with Crippen LogP contribution in [-0.4, -0.2) is 59.1 Å². The van der Waals surface area contributed by atoms with Crippen LogP contribution >= 0.6 is 0 Å². The van der Waals surface area contributed by atoms with Gasteiger partial charge in [-0.15, -0.1) is 0 Å². The number of hydrogen-bond acceptors (Lipinski definition) is 4. The first kappa shape index (κ1) is 27.1. The van der Waals surface area contributed by atoms with E-state index in [-0.39, 0.29) is 30.4 Å². The molecule has 3 aliphatic rings. The predicted octanol–water partition coefficient (Wildman–Crippen LogP) is 5.09. The molecule has 1 aromatic carbocycles. The van der Waals surface area contributed by atoms with Gasteiger partial charge in [-0.25, -0.2) is 18.0 Å². The zero-order valence-electron chi connectivity index (χ0n) is 22.0. The van der Waals surface area contributed by atoms with Crippen molar-refractivity contribution in [2.45, 2.75) is 77.5 Å². The minimum absolute atomic E-state index is 0.115. The van der Waals surface area contributed by atoms with Crippen LogP contribution in [-0.2, 0) is 16.0 Å². The van der Waals surface area contributed by atoms with Gasteiger partial charge in [0.15, 0.2) is 11.6 Å². The fourth-order valence-corrected chi connectivity index (χ4v) is 4.81. The standard InChI is InChI=1S/C28H36F3N3O3/c1-17-5-8-25(18-6-7-18)34(10-9-17)21-15-33(16-21)26(35)13-20(32-27(36)37-28(2,3)4)11-19-12-23(30)24(31)14-22(19)29/h5,8,12,14,18,20-21H,6-7,9-11,13,15-16H2,1-4H3,(H,32,36)/t20-/m1/s1. The van der Waals surface area contributed by atoms with E-state index in [0.717, 1.165) is 19.0 Å². The lowest BCUT2D eigenvalue weighted by atomic mass is 9.99. The van der Waals surface area contributed by atoms with Gasteiger partial charge in [-0.1, -0.05) is 11.6 Å². The number of allylic oxidation sites excluding steroid dienone is 3. The van der Waals surface area contributed by atoms with Crippen molar-refractivity contribution in [2.75, 3.05) is 19.6 Å². The van der Waals surface area contributed by atoms with E-state index in [1.807, 2.05) is 0 Å². The second kappa shape index (κ2) is 10.8. The molecule has 37 heavy (non-hydrogen) atoms. The summed E-state index contributed by atoms with van der Waals surface area (Å²) in [6, 6.07) is 0.614. The van der Waals surface area contributed by atoms with Crippen LogP contribution in [0.4, 0.5) is 18.0 Å². The number of nitrogens with one attached hydrogen (secondary N) is 1. The molecule has 0 unspecified atom stereocenters. The Morgan fingerprint density at radius 2 is 1.76 bits per heavy atom. The highest BCUT2D eigenvalue weighted by molar-refractivity contribution is 5.79. The monoisotopic (exact) mass is 519 g/mol. The fraction of sp³-hybridized carbons (Fsp3) is 0.571. The highest BCUT2D eigenvalue weighted by atomic mass is 19.2. The molecule has 4 rings (SSSR count). The topological polar surface area (TPSA) is 61.9 Å². The molecular weight excluding hydrogens is 483 g/mol. The summed E-state index contributed by atoms with van der Waals surface area (Å²) in [7, 11) is 0. The minimum Gasteiger partial charge on any atom is -0.444 e. The molecule has 1 N–H and O–H groups in total. The Bertz CT molecular complexity index is 1100. The number of amides is 2. The Morgan fingerprint density at radius 3 is 2.41 bits per heavy atom. The van der Waals surface area contributed by atoms with E-state index >= 15 is 0 Å². The summed E-state index contributed by atoms with van der Waals surface area (Å²) in [6.07, 6.45) is 6.74. The Kier molecular flexibility index (Phi) is 7.90. The van der Waals surface area contributed by atoms with Crippen LogP contribution in [0.2, 0.25) is 0 Å². The lowest BCUT2D eigenvalue weighted by Crippen LogP contribution is -2.61. The third kappa shape index (κ3) is 7.08. The quantitative estimate of drug-likeness (QED) is 0.510. The van der Waals surface area contributed by atoms with Gasteiger partial charge in [-0.3, -0.25) is 4.79 Å². The second-order valence-corrected chi connectivity index (χ2v) is 11.4. The van der Waals surface area contributed by atoms with Crippen molar-refractivity contribution in [1.29, 1.82) is 0 Å². The highest BCUT2D eigenvalue weighted by Crippen LogP contribution is 2.41. The molecule has 1 aromatic rings. The number of benzene rings is 1. The Morgan fingerprint density at radius 1 is 1.08 bits per heavy atom. The van der Waals surface area contributed by atoms with Crippen LogP contribution in [0.1, 0.15) is 58.9 Å². The maximum Gasteiger partial charge on any atom is 0.407 e. The minimum atomic E-state index is -1.29. The molecular formula is C28H36F3N3O3. The molecule has 9 heteroatoms. The normalized spacial score (nSPS) is 19.4. The molecule has 2 amide bonds. The van der Waals surface area contributed by atoms with E-state index in [4.69, 9.17) is 4.74 Å². The van der Waals surface area contributed by atoms with Gasteiger partial charge in [0.2, 0.25) is 5.91 Å². The molecule has 2 aliphatic heterocycles. The molecule has 0 radical (unpaired) electrons. The van der Waals surface area contributed by atoms with Crippen LogP contribution in [0, 0.1) is 23.4 Å². The van der Waals surface area contributed by atoms with E-state index in [1.165, 1.54) is 24.1 Å². The third-order valence-electron chi connectivity index (χ3n) is 6.97. The zero-order chi connectivity index (χ0) is 26.9. The number of ether oxygens (including phenoxy) is 1. The Labute approximate surface area is 216 Å². The van der Waals surface area contributed by atoms with Crippen molar-refractivity contribution in [3.8, 4) is 0 Å². The number of likely N-dealkylation sites (tertiary alicyclic amines) is 1. The molecule has 1 saturated heterocycles. The van der Waals surface area contributed by atoms with Crippen molar-refractivity contribution in [1.82, 2.24) is 15.1 Å². The van der Waals surface area contributed by atoms with Gasteiger partial charge in [0.1, 0.15) is 11.4 Å². The van der Waals surface area contributed by atoms with Crippen molar-refractivity contribution in [2.24, 2.45) is 5.92 Å². The number of hydrogen-bond donors (Lipinski definition) is 1. The lowest BCUT2D eigenvalue weighted by Gasteiger charge is -2.47. The van der Waals surface area contributed by atoms with E-state index in [1.54, 1.807) is 25.7 Å². The van der Waals surface area contributed by atoms with E-state index < -0.39 is 35.2 Å². The molecule has 2 heterocycles. The average molecular weight is 520 g/mol. The summed E-state index contributed by atoms with van der Waals surface area (Å²) in [6.45, 7) is 9.30. The first-order valence-corrected chi connectivity index (χ1v) is 12.9. The summed E-state index contributed by atoms with van der Waals surface area (Å²) in [5, 5.41) is 2.62. The molecule has 1 atom stereocenters. The number of carbonyl (C=O) groups excluding carboxylic acids is 2. The third-order valence-corrected chi connectivity index (χ3v) is 6.97. The molecule has 0 spiro atoms. The van der Waals surface area contributed by atoms with Crippen LogP contribution in [0.15, 0.2) is 35.6 Å². The lowest BCUT2D eigenvalue weighted by molar-refractivity contribution is -0.138. The summed E-state index contributed by atoms with van der Waals surface area (Å²) in [5.41, 5.74) is 1.80. The van der Waals surface area contributed by atoms with Gasteiger partial charge in [0, 0.05) is 43.9 Å². The first-order valence-electron chi connectivity index (χ1n) is 12.9. The smallest absolute Gasteiger partial charge is 0.407 e. The van der Waals surface area contributed by atoms with E-state index in [2.05, 4.69) is 29.3 Å². The second-order valence-electron chi connectivity index (χ2n) is 11.4. The number of nitrogens with zero attached hydrogens (tertiary/aromatic N) is 2. The van der Waals surface area contributed by atoms with Crippen LogP contribution in [0.25, 0.3) is 0 Å². The van der Waals surface area contributed by atoms with Gasteiger partial charge in [-0.05, 0) is 77.0 Å². The average Bonchev–Trinajstić information content (AvgIpc) is 3.58. The number of alkyl carbamates (subject to hydrolysis) is 1. The van der Waals surface area contributed by atoms with Gasteiger partial charge >= 0.3 is 6.09 Å². The molecule has 2 fully saturated rings. The highest BCUT2D eigenvalue weighted by Gasteiger charge is 2.40. The molecule has 202 valence electrons. The molecule has 0 aromatic heterocycles. The molecule has 1 aliphatic carbocycles. The van der Waals surface area contributed by atoms with Crippen LogP contribution < -0.4 is 5.32 Å². The van der Waals surface area contributed by atoms with Gasteiger partial charge in [0.05, 0.1) is 6.04 Å². The first-order chi connectivity index (χ1) is 17.4. The largest absolute Gasteiger partial charge is 0.444 e. The SMILES string of the molecule is CC1=CC=C(C2CC2)N(C2CN(C(=O)C[C@@H](Cc3cc(F)c(F)cc3F)NC(=O)OC(C)(C)C)C2)CC1. The summed E-state index contributed by atoms with van der Waals surface area (Å²) < 4.78 is 46.8. The summed E-state index contributed by atoms with van der Waals surface area (Å²) in [4.78, 5) is 29.7. The zero-order valence-corrected chi connectivity index (χ0v) is 22.0. The van der Waals surface area contributed by atoms with Crippen molar-refractivity contribution in [3.05, 3.63) is 58.6 Å². The fourth-order valence-electron chi connectivity index (χ4n) is 4.81. The molecule has 6 nitrogen and oxygen atoms in total. The number of halogens is 3. The van der Waals surface area contributed by atoms with E-state index in [9.17, 15) is 22.8 Å². The van der Waals surface area contributed by atoms with Crippen LogP contribution in [0.5, 0.6) is 0 Å². The van der Waals surface area contributed by atoms with E-state index in [0.29, 0.717) is 25.1 Å². The molecule has 0 bridgehead atoms.